The van der Waals surface area contributed by atoms with Crippen LogP contribution >= 0.6 is 0 Å². The zero-order chi connectivity index (χ0) is 21.1. The van der Waals surface area contributed by atoms with E-state index in [2.05, 4.69) is 25.4 Å². The third-order valence-electron chi connectivity index (χ3n) is 5.36. The van der Waals surface area contributed by atoms with Gasteiger partial charge in [-0.1, -0.05) is 12.1 Å². The van der Waals surface area contributed by atoms with Crippen LogP contribution in [-0.2, 0) is 4.79 Å². The number of hydrogen-bond donors (Lipinski definition) is 1. The molecular weight excluding hydrogens is 380 g/mol. The fourth-order valence-electron chi connectivity index (χ4n) is 3.69. The van der Waals surface area contributed by atoms with E-state index < -0.39 is 0 Å². The molecular formula is C22H24N6O2. The van der Waals surface area contributed by atoms with Gasteiger partial charge in [0.05, 0.1) is 5.92 Å². The van der Waals surface area contributed by atoms with Crippen molar-refractivity contribution in [2.24, 2.45) is 5.92 Å². The normalized spacial score (nSPS) is 16.3. The summed E-state index contributed by atoms with van der Waals surface area (Å²) in [5, 5.41) is 11.6. The molecule has 1 amide bonds. The van der Waals surface area contributed by atoms with Gasteiger partial charge in [-0.3, -0.25) is 14.2 Å². The summed E-state index contributed by atoms with van der Waals surface area (Å²) >= 11 is 0. The Labute approximate surface area is 175 Å². The summed E-state index contributed by atoms with van der Waals surface area (Å²) in [7, 11) is 0. The number of aryl methyl sites for hydroxylation is 1. The number of anilines is 2. The Morgan fingerprint density at radius 2 is 1.93 bits per heavy atom. The Kier molecular flexibility index (Phi) is 5.56. The molecule has 8 heteroatoms. The number of piperidine rings is 1. The lowest BCUT2D eigenvalue weighted by molar-refractivity contribution is -0.120. The van der Waals surface area contributed by atoms with Crippen LogP contribution in [0.4, 0.5) is 11.5 Å². The Hall–Kier alpha value is -3.55. The maximum absolute atomic E-state index is 12.8. The van der Waals surface area contributed by atoms with E-state index in [-0.39, 0.29) is 17.6 Å². The van der Waals surface area contributed by atoms with Gasteiger partial charge in [0.2, 0.25) is 5.91 Å². The van der Waals surface area contributed by atoms with E-state index >= 15 is 0 Å². The Bertz CT molecular complexity index is 1060. The molecule has 0 radical (unpaired) electrons. The van der Waals surface area contributed by atoms with Crippen LogP contribution in [-0.4, -0.2) is 44.5 Å². The number of rotatable bonds is 5. The zero-order valence-electron chi connectivity index (χ0n) is 17.1. The minimum atomic E-state index is -0.155. The number of nitrogens with zero attached hydrogens (tertiary/aromatic N) is 5. The van der Waals surface area contributed by atoms with Crippen molar-refractivity contribution in [2.75, 3.05) is 23.3 Å². The molecule has 1 saturated heterocycles. The van der Waals surface area contributed by atoms with Crippen LogP contribution in [0.15, 0.2) is 48.8 Å². The third kappa shape index (κ3) is 4.22. The van der Waals surface area contributed by atoms with E-state index in [1.807, 2.05) is 29.8 Å². The molecule has 0 spiro atoms. The number of amides is 1. The van der Waals surface area contributed by atoms with Crippen molar-refractivity contribution in [3.8, 4) is 5.82 Å². The van der Waals surface area contributed by atoms with Crippen LogP contribution in [0.3, 0.4) is 0 Å². The van der Waals surface area contributed by atoms with Crippen LogP contribution < -0.4 is 10.2 Å². The number of benzene rings is 1. The lowest BCUT2D eigenvalue weighted by Crippen LogP contribution is -2.41. The highest BCUT2D eigenvalue weighted by Crippen LogP contribution is 2.23. The summed E-state index contributed by atoms with van der Waals surface area (Å²) in [6.45, 7) is 4.84. The highest BCUT2D eigenvalue weighted by atomic mass is 16.2. The largest absolute Gasteiger partial charge is 0.354 e. The minimum Gasteiger partial charge on any atom is -0.354 e. The fourth-order valence-corrected chi connectivity index (χ4v) is 3.69. The molecule has 1 N–H and O–H groups in total. The van der Waals surface area contributed by atoms with Crippen molar-refractivity contribution in [2.45, 2.75) is 26.7 Å². The Morgan fingerprint density at radius 3 is 2.63 bits per heavy atom. The molecule has 30 heavy (non-hydrogen) atoms. The monoisotopic (exact) mass is 404 g/mol. The smallest absolute Gasteiger partial charge is 0.229 e. The SMILES string of the molecule is CC(=O)c1cccc(NC(=O)C2CCCN(c3ccc(-n4ccnc4C)nn3)C2)c1. The van der Waals surface area contributed by atoms with Crippen LogP contribution in [0.25, 0.3) is 5.82 Å². The van der Waals surface area contributed by atoms with Gasteiger partial charge < -0.3 is 10.2 Å². The maximum Gasteiger partial charge on any atom is 0.229 e. The molecule has 2 aromatic heterocycles. The average molecular weight is 404 g/mol. The molecule has 3 aromatic rings. The van der Waals surface area contributed by atoms with Gasteiger partial charge in [-0.05, 0) is 51.0 Å². The van der Waals surface area contributed by atoms with Gasteiger partial charge in [-0.25, -0.2) is 4.98 Å². The highest BCUT2D eigenvalue weighted by molar-refractivity contribution is 5.97. The maximum atomic E-state index is 12.8. The van der Waals surface area contributed by atoms with E-state index in [1.165, 1.54) is 6.92 Å². The molecule has 1 aromatic carbocycles. The average Bonchev–Trinajstić information content (AvgIpc) is 3.20. The lowest BCUT2D eigenvalue weighted by atomic mass is 9.97. The summed E-state index contributed by atoms with van der Waals surface area (Å²) in [5.74, 6) is 2.09. The second kappa shape index (κ2) is 8.44. The standard InChI is InChI=1S/C22H24N6O2/c1-15(29)17-5-3-7-19(13-17)24-22(30)18-6-4-11-27(14-18)20-8-9-21(26-25-20)28-12-10-23-16(28)2/h3,5,7-10,12-13,18H,4,6,11,14H2,1-2H3,(H,24,30). The van der Waals surface area contributed by atoms with Gasteiger partial charge in [0, 0.05) is 36.7 Å². The summed E-state index contributed by atoms with van der Waals surface area (Å²) < 4.78 is 1.87. The molecule has 0 saturated carbocycles. The molecule has 0 bridgehead atoms. The zero-order valence-corrected chi connectivity index (χ0v) is 17.1. The molecule has 4 rings (SSSR count). The summed E-state index contributed by atoms with van der Waals surface area (Å²) in [6.07, 6.45) is 5.29. The molecule has 154 valence electrons. The quantitative estimate of drug-likeness (QED) is 0.657. The molecule has 1 fully saturated rings. The van der Waals surface area contributed by atoms with Gasteiger partial charge in [0.25, 0.3) is 0 Å². The number of Topliss-reactive ketones (excluding diaryl/α,β-unsaturated/α-hetero) is 1. The minimum absolute atomic E-state index is 0.0251. The van der Waals surface area contributed by atoms with E-state index in [1.54, 1.807) is 30.5 Å². The highest BCUT2D eigenvalue weighted by Gasteiger charge is 2.27. The molecule has 8 nitrogen and oxygen atoms in total. The van der Waals surface area contributed by atoms with Gasteiger partial charge in [0.1, 0.15) is 5.82 Å². The van der Waals surface area contributed by atoms with Gasteiger partial charge in [-0.2, -0.15) is 0 Å². The predicted molar refractivity (Wildman–Crippen MR) is 114 cm³/mol. The van der Waals surface area contributed by atoms with Crippen LogP contribution in [0.2, 0.25) is 0 Å². The van der Waals surface area contributed by atoms with Gasteiger partial charge in [-0.15, -0.1) is 10.2 Å². The van der Waals surface area contributed by atoms with Crippen LogP contribution in [0.5, 0.6) is 0 Å². The first-order chi connectivity index (χ1) is 14.5. The summed E-state index contributed by atoms with van der Waals surface area (Å²) in [6, 6.07) is 10.9. The van der Waals surface area contributed by atoms with Crippen molar-refractivity contribution in [3.05, 3.63) is 60.2 Å². The molecule has 0 aliphatic carbocycles. The van der Waals surface area contributed by atoms with Crippen molar-refractivity contribution >= 4 is 23.2 Å². The predicted octanol–water partition coefficient (Wildman–Crippen LogP) is 3.03. The summed E-state index contributed by atoms with van der Waals surface area (Å²) in [5.41, 5.74) is 1.23. The van der Waals surface area contributed by atoms with Crippen molar-refractivity contribution in [1.29, 1.82) is 0 Å². The first-order valence-electron chi connectivity index (χ1n) is 10.0. The van der Waals surface area contributed by atoms with E-state index in [9.17, 15) is 9.59 Å². The summed E-state index contributed by atoms with van der Waals surface area (Å²) in [4.78, 5) is 30.7. The number of imidazole rings is 1. The van der Waals surface area contributed by atoms with E-state index in [4.69, 9.17) is 0 Å². The lowest BCUT2D eigenvalue weighted by Gasteiger charge is -2.32. The molecule has 1 unspecified atom stereocenters. The van der Waals surface area contributed by atoms with E-state index in [0.717, 1.165) is 31.0 Å². The van der Waals surface area contributed by atoms with E-state index in [0.29, 0.717) is 23.6 Å². The third-order valence-corrected chi connectivity index (χ3v) is 5.36. The number of hydrogen-bond acceptors (Lipinski definition) is 6. The number of aromatic nitrogens is 4. The number of carbonyl (C=O) groups excluding carboxylic acids is 2. The molecule has 3 heterocycles. The fraction of sp³-hybridized carbons (Fsp3) is 0.318. The number of nitrogens with one attached hydrogen (secondary N) is 1. The number of ketones is 1. The van der Waals surface area contributed by atoms with Crippen LogP contribution in [0.1, 0.15) is 35.9 Å². The van der Waals surface area contributed by atoms with Crippen molar-refractivity contribution in [3.63, 3.8) is 0 Å². The molecule has 1 aliphatic rings. The first-order valence-corrected chi connectivity index (χ1v) is 10.0. The van der Waals surface area contributed by atoms with Crippen LogP contribution in [0, 0.1) is 12.8 Å². The van der Waals surface area contributed by atoms with Crippen molar-refractivity contribution < 1.29 is 9.59 Å². The Balaban J connectivity index is 1.43. The van der Waals surface area contributed by atoms with Gasteiger partial charge >= 0.3 is 0 Å². The Morgan fingerprint density at radius 1 is 1.13 bits per heavy atom. The topological polar surface area (TPSA) is 93.0 Å². The van der Waals surface area contributed by atoms with Crippen molar-refractivity contribution in [1.82, 2.24) is 19.7 Å². The second-order valence-corrected chi connectivity index (χ2v) is 7.51. The number of carbonyl (C=O) groups is 2. The first kappa shape index (κ1) is 19.8. The molecule has 1 atom stereocenters. The molecule has 1 aliphatic heterocycles. The van der Waals surface area contributed by atoms with Gasteiger partial charge in [0.15, 0.2) is 17.4 Å². The second-order valence-electron chi connectivity index (χ2n) is 7.51.